The molecule has 3 rings (SSSR count). The molecule has 0 atom stereocenters. The molecule has 0 saturated heterocycles. The third-order valence-corrected chi connectivity index (χ3v) is 3.29. The van der Waals surface area contributed by atoms with Gasteiger partial charge in [-0.2, -0.15) is 0 Å². The lowest BCUT2D eigenvalue weighted by atomic mass is 10.1. The Balaban J connectivity index is 1.85. The van der Waals surface area contributed by atoms with Crippen molar-refractivity contribution in [3.63, 3.8) is 0 Å². The van der Waals surface area contributed by atoms with E-state index in [0.717, 1.165) is 22.2 Å². The van der Waals surface area contributed by atoms with Crippen molar-refractivity contribution in [2.45, 2.75) is 6.54 Å². The fourth-order valence-corrected chi connectivity index (χ4v) is 2.20. The van der Waals surface area contributed by atoms with Crippen LogP contribution >= 0.6 is 0 Å². The molecule has 3 aromatic rings. The maximum atomic E-state index is 12.3. The van der Waals surface area contributed by atoms with Gasteiger partial charge in [0.05, 0.1) is 5.52 Å². The van der Waals surface area contributed by atoms with Crippen LogP contribution < -0.4 is 11.1 Å². The maximum Gasteiger partial charge on any atom is 0.255 e. The molecule has 1 amide bonds. The Bertz CT molecular complexity index is 799. The van der Waals surface area contributed by atoms with Crippen LogP contribution in [0.2, 0.25) is 0 Å². The molecule has 0 aliphatic heterocycles. The van der Waals surface area contributed by atoms with Crippen molar-refractivity contribution in [2.24, 2.45) is 5.73 Å². The minimum Gasteiger partial charge on any atom is -0.326 e. The minimum atomic E-state index is -0.145. The first kappa shape index (κ1) is 13.3. The van der Waals surface area contributed by atoms with E-state index in [-0.39, 0.29) is 5.91 Å². The van der Waals surface area contributed by atoms with E-state index in [0.29, 0.717) is 12.1 Å². The van der Waals surface area contributed by atoms with Crippen LogP contribution in [0.4, 0.5) is 5.69 Å². The van der Waals surface area contributed by atoms with Gasteiger partial charge in [-0.15, -0.1) is 0 Å². The van der Waals surface area contributed by atoms with Gasteiger partial charge in [0.25, 0.3) is 5.91 Å². The Morgan fingerprint density at radius 2 is 2.00 bits per heavy atom. The molecule has 3 N–H and O–H groups in total. The highest BCUT2D eigenvalue weighted by Crippen LogP contribution is 2.18. The van der Waals surface area contributed by atoms with Gasteiger partial charge in [-0.1, -0.05) is 18.2 Å². The van der Waals surface area contributed by atoms with Crippen LogP contribution in [0.5, 0.6) is 0 Å². The number of aromatic nitrogens is 1. The molecular formula is C17H15N3O. The second kappa shape index (κ2) is 5.73. The molecule has 1 heterocycles. The summed E-state index contributed by atoms with van der Waals surface area (Å²) in [7, 11) is 0. The van der Waals surface area contributed by atoms with Gasteiger partial charge in [0.1, 0.15) is 0 Å². The van der Waals surface area contributed by atoms with Crippen molar-refractivity contribution in [3.8, 4) is 0 Å². The number of carbonyl (C=O) groups is 1. The zero-order chi connectivity index (χ0) is 14.7. The van der Waals surface area contributed by atoms with E-state index >= 15 is 0 Å². The van der Waals surface area contributed by atoms with Crippen molar-refractivity contribution in [2.75, 3.05) is 5.32 Å². The lowest BCUT2D eigenvalue weighted by Crippen LogP contribution is -2.12. The van der Waals surface area contributed by atoms with Gasteiger partial charge in [0.15, 0.2) is 0 Å². The Labute approximate surface area is 122 Å². The summed E-state index contributed by atoms with van der Waals surface area (Å²) in [6.07, 6.45) is 1.75. The average Bonchev–Trinajstić information content (AvgIpc) is 2.54. The molecule has 4 heteroatoms. The number of hydrogen-bond acceptors (Lipinski definition) is 3. The summed E-state index contributed by atoms with van der Waals surface area (Å²) >= 11 is 0. The summed E-state index contributed by atoms with van der Waals surface area (Å²) in [6.45, 7) is 0.419. The van der Waals surface area contributed by atoms with Gasteiger partial charge < -0.3 is 11.1 Å². The molecule has 21 heavy (non-hydrogen) atoms. The van der Waals surface area contributed by atoms with Gasteiger partial charge in [-0.25, -0.2) is 0 Å². The summed E-state index contributed by atoms with van der Waals surface area (Å²) in [5.41, 5.74) is 8.78. The number of benzene rings is 2. The monoisotopic (exact) mass is 277 g/mol. The number of fused-ring (bicyclic) bond motifs is 1. The molecule has 0 aliphatic carbocycles. The topological polar surface area (TPSA) is 68.0 Å². The van der Waals surface area contributed by atoms with E-state index < -0.39 is 0 Å². The summed E-state index contributed by atoms with van der Waals surface area (Å²) < 4.78 is 0. The zero-order valence-electron chi connectivity index (χ0n) is 11.4. The van der Waals surface area contributed by atoms with Crippen molar-refractivity contribution >= 4 is 22.5 Å². The summed E-state index contributed by atoms with van der Waals surface area (Å²) in [5, 5.41) is 3.89. The molecule has 0 saturated carbocycles. The number of nitrogens with zero attached hydrogens (tertiary/aromatic N) is 1. The molecule has 0 aliphatic rings. The molecule has 0 bridgehead atoms. The second-order valence-electron chi connectivity index (χ2n) is 4.77. The van der Waals surface area contributed by atoms with Crippen LogP contribution in [0, 0.1) is 0 Å². The first-order valence-corrected chi connectivity index (χ1v) is 6.71. The number of anilines is 1. The second-order valence-corrected chi connectivity index (χ2v) is 4.77. The lowest BCUT2D eigenvalue weighted by Gasteiger charge is -2.07. The summed E-state index contributed by atoms with van der Waals surface area (Å²) in [5.74, 6) is -0.145. The molecular weight excluding hydrogens is 262 g/mol. The van der Waals surface area contributed by atoms with E-state index in [1.54, 1.807) is 18.3 Å². The molecule has 0 radical (unpaired) electrons. The van der Waals surface area contributed by atoms with Crippen LogP contribution in [-0.4, -0.2) is 10.9 Å². The van der Waals surface area contributed by atoms with E-state index in [1.165, 1.54) is 0 Å². The van der Waals surface area contributed by atoms with Gasteiger partial charge >= 0.3 is 0 Å². The summed E-state index contributed by atoms with van der Waals surface area (Å²) in [4.78, 5) is 16.5. The molecule has 104 valence electrons. The number of rotatable bonds is 3. The number of amides is 1. The molecule has 1 aromatic heterocycles. The van der Waals surface area contributed by atoms with Crippen LogP contribution in [-0.2, 0) is 6.54 Å². The van der Waals surface area contributed by atoms with E-state index in [4.69, 9.17) is 5.73 Å². The Morgan fingerprint density at radius 3 is 2.86 bits per heavy atom. The van der Waals surface area contributed by atoms with Crippen molar-refractivity contribution in [1.82, 2.24) is 4.98 Å². The van der Waals surface area contributed by atoms with Crippen molar-refractivity contribution < 1.29 is 4.79 Å². The highest BCUT2D eigenvalue weighted by Gasteiger charge is 2.07. The first-order chi connectivity index (χ1) is 10.3. The van der Waals surface area contributed by atoms with E-state index in [9.17, 15) is 4.79 Å². The highest BCUT2D eigenvalue weighted by atomic mass is 16.1. The number of nitrogens with two attached hydrogens (primary N) is 1. The Morgan fingerprint density at radius 1 is 1.10 bits per heavy atom. The maximum absolute atomic E-state index is 12.3. The van der Waals surface area contributed by atoms with Gasteiger partial charge in [0, 0.05) is 29.4 Å². The highest BCUT2D eigenvalue weighted by molar-refractivity contribution is 6.05. The third kappa shape index (κ3) is 2.90. The van der Waals surface area contributed by atoms with E-state index in [1.807, 2.05) is 42.5 Å². The third-order valence-electron chi connectivity index (χ3n) is 3.29. The van der Waals surface area contributed by atoms with E-state index in [2.05, 4.69) is 10.3 Å². The number of carbonyl (C=O) groups excluding carboxylic acids is 1. The normalized spacial score (nSPS) is 10.5. The van der Waals surface area contributed by atoms with Gasteiger partial charge in [0.2, 0.25) is 0 Å². The fraction of sp³-hybridized carbons (Fsp3) is 0.0588. The number of pyridine rings is 1. The molecule has 0 spiro atoms. The van der Waals surface area contributed by atoms with Crippen molar-refractivity contribution in [1.29, 1.82) is 0 Å². The Kier molecular flexibility index (Phi) is 3.62. The minimum absolute atomic E-state index is 0.145. The predicted octanol–water partition coefficient (Wildman–Crippen LogP) is 2.95. The smallest absolute Gasteiger partial charge is 0.255 e. The van der Waals surface area contributed by atoms with Crippen molar-refractivity contribution in [3.05, 3.63) is 71.9 Å². The van der Waals surface area contributed by atoms with Gasteiger partial charge in [-0.3, -0.25) is 9.78 Å². The van der Waals surface area contributed by atoms with Crippen LogP contribution in [0.1, 0.15) is 15.9 Å². The summed E-state index contributed by atoms with van der Waals surface area (Å²) in [6, 6.07) is 16.8. The number of nitrogens with one attached hydrogen (secondary N) is 1. The molecule has 2 aromatic carbocycles. The fourth-order valence-electron chi connectivity index (χ4n) is 2.20. The quantitative estimate of drug-likeness (QED) is 0.773. The molecule has 0 fully saturated rings. The van der Waals surface area contributed by atoms with Gasteiger partial charge in [-0.05, 0) is 42.0 Å². The average molecular weight is 277 g/mol. The molecule has 4 nitrogen and oxygen atoms in total. The van der Waals surface area contributed by atoms with Crippen LogP contribution in [0.15, 0.2) is 60.8 Å². The SMILES string of the molecule is NCc1cccc(C(=O)Nc2ccc3ncccc3c2)c1. The zero-order valence-corrected chi connectivity index (χ0v) is 11.4. The van der Waals surface area contributed by atoms with Crippen LogP contribution in [0.25, 0.3) is 10.9 Å². The number of hydrogen-bond donors (Lipinski definition) is 2. The largest absolute Gasteiger partial charge is 0.326 e. The lowest BCUT2D eigenvalue weighted by molar-refractivity contribution is 0.102. The van der Waals surface area contributed by atoms with Crippen LogP contribution in [0.3, 0.4) is 0 Å². The standard InChI is InChI=1S/C17H15N3O/c18-11-12-3-1-4-14(9-12)17(21)20-15-6-7-16-13(10-15)5-2-8-19-16/h1-10H,11,18H2,(H,20,21). The predicted molar refractivity (Wildman–Crippen MR) is 84.0 cm³/mol. The molecule has 0 unspecified atom stereocenters. The Hall–Kier alpha value is -2.72. The first-order valence-electron chi connectivity index (χ1n) is 6.71.